The zero-order chi connectivity index (χ0) is 26.9. The maximum Gasteiger partial charge on any atom is 0.452 e. The number of benzene rings is 2. The van der Waals surface area contributed by atoms with Crippen LogP contribution in [0.15, 0.2) is 30.3 Å². The molecule has 1 aromatic heterocycles. The summed E-state index contributed by atoms with van der Waals surface area (Å²) in [5.41, 5.74) is 0.237. The summed E-state index contributed by atoms with van der Waals surface area (Å²) in [5, 5.41) is 25.9. The molecule has 0 radical (unpaired) electrons. The Hall–Kier alpha value is -3.06. The largest absolute Gasteiger partial charge is 0.495 e. The first-order valence-corrected chi connectivity index (χ1v) is 11.6. The first-order chi connectivity index (χ1) is 17.6. The Kier molecular flexibility index (Phi) is 7.83. The van der Waals surface area contributed by atoms with Crippen molar-refractivity contribution in [3.8, 4) is 17.2 Å². The van der Waals surface area contributed by atoms with Gasteiger partial charge in [-0.05, 0) is 12.1 Å². The van der Waals surface area contributed by atoms with Crippen LogP contribution in [-0.4, -0.2) is 51.3 Å². The van der Waals surface area contributed by atoms with Crippen LogP contribution in [0.3, 0.4) is 0 Å². The fourth-order valence-electron chi connectivity index (χ4n) is 4.02. The summed E-state index contributed by atoms with van der Waals surface area (Å²) in [5.74, 6) is -2.96. The molecule has 3 aromatic rings. The quantitative estimate of drug-likeness (QED) is 0.369. The monoisotopic (exact) mass is 561 g/mol. The molecule has 9 nitrogen and oxygen atoms in total. The molecule has 2 N–H and O–H groups in total. The van der Waals surface area contributed by atoms with Gasteiger partial charge in [-0.25, -0.2) is 0 Å². The highest BCUT2D eigenvalue weighted by Gasteiger charge is 2.44. The normalized spacial score (nSPS) is 17.1. The fraction of sp³-hybridized carbons (Fsp3) is 0.348. The number of carbonyl (C=O) groups is 1. The van der Waals surface area contributed by atoms with Crippen molar-refractivity contribution >= 4 is 29.2 Å². The second kappa shape index (κ2) is 10.7. The van der Waals surface area contributed by atoms with Crippen molar-refractivity contribution in [2.75, 3.05) is 20.3 Å². The Morgan fingerprint density at radius 3 is 2.59 bits per heavy atom. The van der Waals surface area contributed by atoms with E-state index in [0.717, 1.165) is 0 Å². The number of hydrogen-bond donors (Lipinski definition) is 2. The average molecular weight is 562 g/mol. The molecule has 0 spiro atoms. The van der Waals surface area contributed by atoms with Gasteiger partial charge in [0.15, 0.2) is 5.82 Å². The number of nitrogens with zero attached hydrogens (tertiary/aromatic N) is 3. The lowest BCUT2D eigenvalue weighted by molar-refractivity contribution is -0.146. The maximum absolute atomic E-state index is 14.1. The van der Waals surface area contributed by atoms with Gasteiger partial charge in [-0.1, -0.05) is 35.3 Å². The zero-order valence-electron chi connectivity index (χ0n) is 19.1. The Bertz CT molecular complexity index is 1320. The number of aromatic nitrogens is 3. The average Bonchev–Trinajstić information content (AvgIpc) is 3.22. The van der Waals surface area contributed by atoms with E-state index in [1.54, 1.807) is 18.2 Å². The number of carboxylic acids is 1. The molecule has 0 bridgehead atoms. The summed E-state index contributed by atoms with van der Waals surface area (Å²) in [6, 6.07) is 7.44. The van der Waals surface area contributed by atoms with Gasteiger partial charge in [-0.2, -0.15) is 13.2 Å². The molecule has 0 fully saturated rings. The number of ether oxygens (including phenoxy) is 3. The number of halogens is 5. The number of aliphatic hydroxyl groups excluding tert-OH is 1. The minimum Gasteiger partial charge on any atom is -0.495 e. The summed E-state index contributed by atoms with van der Waals surface area (Å²) in [6.07, 6.45) is -8.18. The van der Waals surface area contributed by atoms with Crippen molar-refractivity contribution in [1.82, 2.24) is 14.8 Å². The lowest BCUT2D eigenvalue weighted by Gasteiger charge is -2.24. The van der Waals surface area contributed by atoms with Crippen LogP contribution >= 0.6 is 23.2 Å². The minimum absolute atomic E-state index is 0.0495. The van der Waals surface area contributed by atoms with Gasteiger partial charge in [-0.3, -0.25) is 9.36 Å². The van der Waals surface area contributed by atoms with Gasteiger partial charge in [0.1, 0.15) is 23.7 Å². The van der Waals surface area contributed by atoms with Crippen LogP contribution in [0.2, 0.25) is 10.0 Å². The molecular weight excluding hydrogens is 542 g/mol. The highest BCUT2D eigenvalue weighted by molar-refractivity contribution is 6.33. The van der Waals surface area contributed by atoms with Crippen LogP contribution in [0, 0.1) is 0 Å². The number of aliphatic carboxylic acids is 1. The summed E-state index contributed by atoms with van der Waals surface area (Å²) in [7, 11) is 1.39. The number of rotatable bonds is 8. The maximum atomic E-state index is 14.1. The van der Waals surface area contributed by atoms with Gasteiger partial charge >= 0.3 is 12.1 Å². The topological polar surface area (TPSA) is 116 Å². The van der Waals surface area contributed by atoms with Crippen LogP contribution in [-0.2, 0) is 15.7 Å². The third-order valence-corrected chi connectivity index (χ3v) is 6.14. The molecule has 0 saturated heterocycles. The molecule has 0 unspecified atom stereocenters. The standard InChI is InChI=1S/C23H20Cl2F3N3O6/c1-35-14-5-2-4-12(18(14)25)20-13-8-11(24)9-15(36-7-3-6-32)19(13)31-21(16(37-20)10-17(33)34)29-30-22(31)23(26,27)28/h2,4-5,8-9,16,20,32H,3,6-7,10H2,1H3,(H,33,34)/t16-,20-/m1/s1. The van der Waals surface area contributed by atoms with E-state index in [9.17, 15) is 23.1 Å². The number of aliphatic hydroxyl groups is 1. The predicted octanol–water partition coefficient (Wildman–Crippen LogP) is 5.00. The van der Waals surface area contributed by atoms with E-state index in [1.807, 2.05) is 0 Å². The number of methoxy groups -OCH3 is 1. The van der Waals surface area contributed by atoms with E-state index in [4.69, 9.17) is 42.5 Å². The van der Waals surface area contributed by atoms with Gasteiger partial charge in [0.25, 0.3) is 0 Å². The van der Waals surface area contributed by atoms with Crippen LogP contribution < -0.4 is 9.47 Å². The van der Waals surface area contributed by atoms with Crippen LogP contribution in [0.25, 0.3) is 5.69 Å². The molecule has 1 aliphatic heterocycles. The Morgan fingerprint density at radius 2 is 1.95 bits per heavy atom. The second-order valence-corrected chi connectivity index (χ2v) is 8.76. The van der Waals surface area contributed by atoms with Crippen LogP contribution in [0.5, 0.6) is 11.5 Å². The number of fused-ring (bicyclic) bond motifs is 3. The summed E-state index contributed by atoms with van der Waals surface area (Å²) in [6.45, 7) is -0.271. The SMILES string of the molecule is COc1cccc([C@H]2O[C@H](CC(=O)O)c3nnc(C(F)(F)F)n3-c3c(OCCCO)cc(Cl)cc32)c1Cl. The molecule has 37 heavy (non-hydrogen) atoms. The summed E-state index contributed by atoms with van der Waals surface area (Å²) < 4.78 is 60.2. The van der Waals surface area contributed by atoms with Crippen molar-refractivity contribution in [2.45, 2.75) is 31.2 Å². The second-order valence-electron chi connectivity index (χ2n) is 7.95. The highest BCUT2D eigenvalue weighted by atomic mass is 35.5. The van der Waals surface area contributed by atoms with Crippen molar-refractivity contribution < 1.29 is 42.4 Å². The number of alkyl halides is 3. The molecular formula is C23H20Cl2F3N3O6. The van der Waals surface area contributed by atoms with Crippen LogP contribution in [0.4, 0.5) is 13.2 Å². The lowest BCUT2D eigenvalue weighted by Crippen LogP contribution is -2.18. The number of hydrogen-bond acceptors (Lipinski definition) is 7. The van der Waals surface area contributed by atoms with E-state index in [0.29, 0.717) is 4.57 Å². The predicted molar refractivity (Wildman–Crippen MR) is 124 cm³/mol. The summed E-state index contributed by atoms with van der Waals surface area (Å²) in [4.78, 5) is 11.7. The first kappa shape index (κ1) is 27.0. The van der Waals surface area contributed by atoms with Crippen molar-refractivity contribution in [2.24, 2.45) is 0 Å². The van der Waals surface area contributed by atoms with E-state index in [2.05, 4.69) is 10.2 Å². The minimum atomic E-state index is -4.97. The Labute approximate surface area is 218 Å². The molecule has 0 aliphatic carbocycles. The molecule has 2 atom stereocenters. The molecule has 198 valence electrons. The van der Waals surface area contributed by atoms with Crippen molar-refractivity contribution in [3.63, 3.8) is 0 Å². The molecule has 0 amide bonds. The lowest BCUT2D eigenvalue weighted by atomic mass is 9.98. The van der Waals surface area contributed by atoms with Gasteiger partial charge in [0.05, 0.1) is 30.8 Å². The van der Waals surface area contributed by atoms with E-state index in [1.165, 1.54) is 19.2 Å². The molecule has 0 saturated carbocycles. The van der Waals surface area contributed by atoms with Gasteiger partial charge < -0.3 is 24.4 Å². The van der Waals surface area contributed by atoms with Gasteiger partial charge in [0, 0.05) is 35.2 Å². The van der Waals surface area contributed by atoms with Gasteiger partial charge in [-0.15, -0.1) is 10.2 Å². The van der Waals surface area contributed by atoms with Crippen molar-refractivity contribution in [3.05, 3.63) is 63.2 Å². The molecule has 1 aliphatic rings. The third kappa shape index (κ3) is 5.33. The Balaban J connectivity index is 2.07. The molecule has 2 aromatic carbocycles. The molecule has 4 rings (SSSR count). The fourth-order valence-corrected chi connectivity index (χ4v) is 4.54. The van der Waals surface area contributed by atoms with E-state index in [-0.39, 0.29) is 58.0 Å². The summed E-state index contributed by atoms with van der Waals surface area (Å²) >= 11 is 12.9. The number of carboxylic acid groups (broad SMARTS) is 1. The van der Waals surface area contributed by atoms with E-state index < -0.39 is 42.4 Å². The van der Waals surface area contributed by atoms with Crippen LogP contribution in [0.1, 0.15) is 47.8 Å². The molecule has 2 heterocycles. The zero-order valence-corrected chi connectivity index (χ0v) is 20.6. The molecule has 14 heteroatoms. The Morgan fingerprint density at radius 1 is 1.19 bits per heavy atom. The van der Waals surface area contributed by atoms with E-state index >= 15 is 0 Å². The van der Waals surface area contributed by atoms with Crippen molar-refractivity contribution in [1.29, 1.82) is 0 Å². The smallest absolute Gasteiger partial charge is 0.452 e. The first-order valence-electron chi connectivity index (χ1n) is 10.9. The highest BCUT2D eigenvalue weighted by Crippen LogP contribution is 2.49. The third-order valence-electron chi connectivity index (χ3n) is 5.52. The van der Waals surface area contributed by atoms with Gasteiger partial charge in [0.2, 0.25) is 5.82 Å².